The van der Waals surface area contributed by atoms with Crippen LogP contribution in [-0.2, 0) is 4.79 Å². The first kappa shape index (κ1) is 15.2. The maximum atomic E-state index is 13.4. The van der Waals surface area contributed by atoms with Gasteiger partial charge < -0.3 is 15.7 Å². The molecule has 1 aromatic carbocycles. The summed E-state index contributed by atoms with van der Waals surface area (Å²) in [6.07, 6.45) is 2.67. The van der Waals surface area contributed by atoms with Gasteiger partial charge in [-0.2, -0.15) is 0 Å². The normalized spacial score (nSPS) is 21.6. The molecule has 0 bridgehead atoms. The summed E-state index contributed by atoms with van der Waals surface area (Å²) in [4.78, 5) is 22.9. The zero-order valence-corrected chi connectivity index (χ0v) is 11.2. The zero-order chi connectivity index (χ0) is 15.4. The van der Waals surface area contributed by atoms with E-state index in [1.165, 1.54) is 12.1 Å². The van der Waals surface area contributed by atoms with Crippen LogP contribution in [0.15, 0.2) is 18.2 Å². The maximum absolute atomic E-state index is 13.4. The summed E-state index contributed by atoms with van der Waals surface area (Å²) in [5, 5.41) is 13.8. The molecule has 5 nitrogen and oxygen atoms in total. The van der Waals surface area contributed by atoms with Crippen molar-refractivity contribution in [3.05, 3.63) is 29.8 Å². The van der Waals surface area contributed by atoms with Crippen molar-refractivity contribution in [3.63, 3.8) is 0 Å². The van der Waals surface area contributed by atoms with Crippen LogP contribution in [0.5, 0.6) is 0 Å². The Morgan fingerprint density at radius 3 is 2.62 bits per heavy atom. The molecule has 0 radical (unpaired) electrons. The van der Waals surface area contributed by atoms with E-state index in [1.54, 1.807) is 0 Å². The van der Waals surface area contributed by atoms with E-state index in [0.29, 0.717) is 12.8 Å². The molecule has 21 heavy (non-hydrogen) atoms. The Bertz CT molecular complexity index is 551. The fourth-order valence-electron chi connectivity index (χ4n) is 2.53. The molecule has 7 heteroatoms. The molecule has 1 aliphatic carbocycles. The van der Waals surface area contributed by atoms with Crippen molar-refractivity contribution in [2.45, 2.75) is 31.7 Å². The third-order valence-electron chi connectivity index (χ3n) is 3.60. The van der Waals surface area contributed by atoms with E-state index < -0.39 is 35.6 Å². The first-order valence-corrected chi connectivity index (χ1v) is 6.73. The lowest BCUT2D eigenvalue weighted by atomic mass is 9.84. The molecule has 2 amide bonds. The van der Waals surface area contributed by atoms with E-state index in [0.717, 1.165) is 18.9 Å². The minimum Gasteiger partial charge on any atom is -0.481 e. The van der Waals surface area contributed by atoms with E-state index in [4.69, 9.17) is 5.11 Å². The van der Waals surface area contributed by atoms with E-state index in [2.05, 4.69) is 10.6 Å². The molecular formula is C14H16F2N2O3. The number of aliphatic carboxylic acids is 1. The number of carboxylic acid groups (broad SMARTS) is 1. The Labute approximate surface area is 120 Å². The number of halogens is 2. The summed E-state index contributed by atoms with van der Waals surface area (Å²) < 4.78 is 26.5. The van der Waals surface area contributed by atoms with Gasteiger partial charge in [0.2, 0.25) is 0 Å². The van der Waals surface area contributed by atoms with Crippen molar-refractivity contribution < 1.29 is 23.5 Å². The van der Waals surface area contributed by atoms with Gasteiger partial charge in [0.05, 0.1) is 11.6 Å². The second-order valence-corrected chi connectivity index (χ2v) is 5.04. The molecule has 1 saturated carbocycles. The van der Waals surface area contributed by atoms with Crippen molar-refractivity contribution in [1.29, 1.82) is 0 Å². The van der Waals surface area contributed by atoms with E-state index in [9.17, 15) is 18.4 Å². The highest BCUT2D eigenvalue weighted by atomic mass is 19.2. The van der Waals surface area contributed by atoms with Gasteiger partial charge >= 0.3 is 12.0 Å². The van der Waals surface area contributed by atoms with Crippen LogP contribution in [0.4, 0.5) is 19.3 Å². The predicted molar refractivity (Wildman–Crippen MR) is 71.9 cm³/mol. The average molecular weight is 298 g/mol. The van der Waals surface area contributed by atoms with Gasteiger partial charge in [0.1, 0.15) is 0 Å². The van der Waals surface area contributed by atoms with Crippen LogP contribution < -0.4 is 10.6 Å². The third kappa shape index (κ3) is 3.68. The standard InChI is InChI=1S/C14H16F2N2O3/c15-9-5-3-7-11(12(9)16)18-14(21)17-10-6-2-1-4-8(10)13(19)20/h3,5,7-8,10H,1-2,4,6H2,(H,19,20)(H2,17,18,21). The average Bonchev–Trinajstić information content (AvgIpc) is 2.44. The van der Waals surface area contributed by atoms with Crippen LogP contribution in [0, 0.1) is 17.6 Å². The molecule has 1 aliphatic rings. The molecule has 1 aromatic rings. The SMILES string of the molecule is O=C(Nc1cccc(F)c1F)NC1CCCCC1C(=O)O. The number of rotatable bonds is 3. The van der Waals surface area contributed by atoms with Crippen molar-refractivity contribution in [2.24, 2.45) is 5.92 Å². The topological polar surface area (TPSA) is 78.4 Å². The van der Waals surface area contributed by atoms with E-state index in [-0.39, 0.29) is 5.69 Å². The number of carboxylic acids is 1. The molecule has 0 heterocycles. The molecular weight excluding hydrogens is 282 g/mol. The van der Waals surface area contributed by atoms with Crippen LogP contribution in [0.2, 0.25) is 0 Å². The fourth-order valence-corrected chi connectivity index (χ4v) is 2.53. The number of hydrogen-bond acceptors (Lipinski definition) is 2. The number of nitrogens with one attached hydrogen (secondary N) is 2. The molecule has 2 atom stereocenters. The molecule has 0 spiro atoms. The Morgan fingerprint density at radius 1 is 1.19 bits per heavy atom. The van der Waals surface area contributed by atoms with Gasteiger partial charge in [-0.3, -0.25) is 4.79 Å². The quantitative estimate of drug-likeness (QED) is 0.803. The highest BCUT2D eigenvalue weighted by Gasteiger charge is 2.31. The fraction of sp³-hybridized carbons (Fsp3) is 0.429. The molecule has 3 N–H and O–H groups in total. The zero-order valence-electron chi connectivity index (χ0n) is 11.2. The summed E-state index contributed by atoms with van der Waals surface area (Å²) >= 11 is 0. The summed E-state index contributed by atoms with van der Waals surface area (Å²) in [5.41, 5.74) is -0.282. The lowest BCUT2D eigenvalue weighted by molar-refractivity contribution is -0.143. The van der Waals surface area contributed by atoms with Crippen molar-refractivity contribution in [3.8, 4) is 0 Å². The molecule has 0 saturated heterocycles. The van der Waals surface area contributed by atoms with Crippen LogP contribution >= 0.6 is 0 Å². The molecule has 114 valence electrons. The largest absolute Gasteiger partial charge is 0.481 e. The summed E-state index contributed by atoms with van der Waals surface area (Å²) in [6.45, 7) is 0. The van der Waals surface area contributed by atoms with Gasteiger partial charge in [-0.15, -0.1) is 0 Å². The van der Waals surface area contributed by atoms with Gasteiger partial charge in [0.25, 0.3) is 0 Å². The van der Waals surface area contributed by atoms with Crippen LogP contribution in [0.3, 0.4) is 0 Å². The molecule has 0 aliphatic heterocycles. The minimum absolute atomic E-state index is 0.282. The van der Waals surface area contributed by atoms with Crippen molar-refractivity contribution >= 4 is 17.7 Å². The summed E-state index contributed by atoms with van der Waals surface area (Å²) in [7, 11) is 0. The number of hydrogen-bond donors (Lipinski definition) is 3. The smallest absolute Gasteiger partial charge is 0.319 e. The predicted octanol–water partition coefficient (Wildman–Crippen LogP) is 2.73. The number of anilines is 1. The maximum Gasteiger partial charge on any atom is 0.319 e. The lowest BCUT2D eigenvalue weighted by Gasteiger charge is -2.29. The van der Waals surface area contributed by atoms with Crippen molar-refractivity contribution in [2.75, 3.05) is 5.32 Å². The van der Waals surface area contributed by atoms with Gasteiger partial charge in [-0.05, 0) is 25.0 Å². The minimum atomic E-state index is -1.15. The highest BCUT2D eigenvalue weighted by molar-refractivity contribution is 5.90. The number of amides is 2. The molecule has 0 aromatic heterocycles. The number of carbonyl (C=O) groups is 2. The highest BCUT2D eigenvalue weighted by Crippen LogP contribution is 2.25. The number of benzene rings is 1. The molecule has 2 rings (SSSR count). The Balaban J connectivity index is 2.00. The third-order valence-corrected chi connectivity index (χ3v) is 3.60. The Morgan fingerprint density at radius 2 is 1.90 bits per heavy atom. The van der Waals surface area contributed by atoms with Gasteiger partial charge in [-0.1, -0.05) is 18.9 Å². The summed E-state index contributed by atoms with van der Waals surface area (Å²) in [5.74, 6) is -3.82. The number of carbonyl (C=O) groups excluding carboxylic acids is 1. The monoisotopic (exact) mass is 298 g/mol. The number of urea groups is 1. The lowest BCUT2D eigenvalue weighted by Crippen LogP contribution is -2.46. The first-order valence-electron chi connectivity index (χ1n) is 6.73. The second kappa shape index (κ2) is 6.51. The molecule has 2 unspecified atom stereocenters. The van der Waals surface area contributed by atoms with Gasteiger partial charge in [-0.25, -0.2) is 13.6 Å². The Kier molecular flexibility index (Phi) is 4.72. The van der Waals surface area contributed by atoms with Crippen LogP contribution in [0.25, 0.3) is 0 Å². The van der Waals surface area contributed by atoms with Crippen molar-refractivity contribution in [1.82, 2.24) is 5.32 Å². The van der Waals surface area contributed by atoms with E-state index in [1.807, 2.05) is 0 Å². The van der Waals surface area contributed by atoms with E-state index >= 15 is 0 Å². The van der Waals surface area contributed by atoms with Gasteiger partial charge in [0.15, 0.2) is 11.6 Å². The second-order valence-electron chi connectivity index (χ2n) is 5.04. The molecule has 1 fully saturated rings. The van der Waals surface area contributed by atoms with Gasteiger partial charge in [0, 0.05) is 6.04 Å². The summed E-state index contributed by atoms with van der Waals surface area (Å²) in [6, 6.07) is 2.20. The van der Waals surface area contributed by atoms with Crippen LogP contribution in [-0.4, -0.2) is 23.1 Å². The Hall–Kier alpha value is -2.18. The first-order chi connectivity index (χ1) is 9.99. The van der Waals surface area contributed by atoms with Crippen LogP contribution in [0.1, 0.15) is 25.7 Å².